The zero-order valence-corrected chi connectivity index (χ0v) is 20.9. The highest BCUT2D eigenvalue weighted by atomic mass is 16.6. The number of Topliss-reactive ketones (excluding diaryl/α,β-unsaturated/α-hetero) is 1. The Morgan fingerprint density at radius 2 is 1.61 bits per heavy atom. The van der Waals surface area contributed by atoms with Gasteiger partial charge in [-0.05, 0) is 70.5 Å². The molecule has 1 aliphatic heterocycles. The Bertz CT molecular complexity index is 1110. The van der Waals surface area contributed by atoms with Crippen LogP contribution in [0.3, 0.4) is 0 Å². The zero-order valence-electron chi connectivity index (χ0n) is 20.9. The van der Waals surface area contributed by atoms with Crippen molar-refractivity contribution in [2.75, 3.05) is 19.7 Å². The monoisotopic (exact) mass is 497 g/mol. The van der Waals surface area contributed by atoms with Gasteiger partial charge in [-0.25, -0.2) is 4.79 Å². The minimum absolute atomic E-state index is 0.0221. The molecule has 1 N–H and O–H groups in total. The average Bonchev–Trinajstić information content (AvgIpc) is 3.26. The first-order valence-corrected chi connectivity index (χ1v) is 11.7. The van der Waals surface area contributed by atoms with E-state index in [2.05, 4.69) is 0 Å². The first-order chi connectivity index (χ1) is 17.0. The van der Waals surface area contributed by atoms with Gasteiger partial charge in [0.05, 0.1) is 6.61 Å². The number of esters is 1. The third-order valence-corrected chi connectivity index (χ3v) is 5.83. The van der Waals surface area contributed by atoms with Gasteiger partial charge in [0.25, 0.3) is 0 Å². The summed E-state index contributed by atoms with van der Waals surface area (Å²) in [6.07, 6.45) is -0.811. The maximum Gasteiger partial charge on any atom is 0.410 e. The van der Waals surface area contributed by atoms with Crippen LogP contribution in [-0.2, 0) is 19.1 Å². The Morgan fingerprint density at radius 3 is 2.17 bits per heavy atom. The minimum atomic E-state index is -1.86. The molecule has 2 unspecified atom stereocenters. The lowest BCUT2D eigenvalue weighted by molar-refractivity contribution is -0.162. The molecular formula is C27H31NO8. The lowest BCUT2D eigenvalue weighted by Crippen LogP contribution is -2.50. The van der Waals surface area contributed by atoms with Gasteiger partial charge in [0, 0.05) is 18.7 Å². The Hall–Kier alpha value is -3.88. The number of ketones is 1. The maximum atomic E-state index is 13.6. The lowest BCUT2D eigenvalue weighted by Gasteiger charge is -2.31. The van der Waals surface area contributed by atoms with Crippen molar-refractivity contribution in [3.63, 3.8) is 0 Å². The third kappa shape index (κ3) is 6.02. The van der Waals surface area contributed by atoms with E-state index in [0.29, 0.717) is 11.5 Å². The lowest BCUT2D eigenvalue weighted by atomic mass is 9.71. The quantitative estimate of drug-likeness (QED) is 0.320. The highest BCUT2D eigenvalue weighted by Gasteiger charge is 2.58. The summed E-state index contributed by atoms with van der Waals surface area (Å²) in [6.45, 7) is 6.29. The summed E-state index contributed by atoms with van der Waals surface area (Å²) >= 11 is 0. The van der Waals surface area contributed by atoms with Crippen LogP contribution in [0.5, 0.6) is 11.5 Å². The van der Waals surface area contributed by atoms with Gasteiger partial charge >= 0.3 is 18.0 Å². The van der Waals surface area contributed by atoms with Crippen LogP contribution < -0.4 is 4.74 Å². The third-order valence-electron chi connectivity index (χ3n) is 5.83. The second-order valence-corrected chi connectivity index (χ2v) is 9.60. The van der Waals surface area contributed by atoms with Crippen molar-refractivity contribution >= 4 is 23.8 Å². The van der Waals surface area contributed by atoms with Crippen LogP contribution in [0.15, 0.2) is 54.6 Å². The van der Waals surface area contributed by atoms with E-state index in [1.165, 1.54) is 17.0 Å². The second-order valence-electron chi connectivity index (χ2n) is 9.60. The summed E-state index contributed by atoms with van der Waals surface area (Å²) in [7, 11) is 0. The summed E-state index contributed by atoms with van der Waals surface area (Å²) in [5, 5.41) is 10.2. The summed E-state index contributed by atoms with van der Waals surface area (Å²) < 4.78 is 16.2. The minimum Gasteiger partial charge on any atom is -0.481 e. The number of hydrogen-bond donors (Lipinski definition) is 1. The van der Waals surface area contributed by atoms with Gasteiger partial charge in [-0.1, -0.05) is 18.2 Å². The average molecular weight is 498 g/mol. The first-order valence-electron chi connectivity index (χ1n) is 11.7. The Labute approximate surface area is 209 Å². The van der Waals surface area contributed by atoms with Crippen molar-refractivity contribution in [1.29, 1.82) is 0 Å². The van der Waals surface area contributed by atoms with Crippen LogP contribution in [0.1, 0.15) is 44.5 Å². The molecule has 0 aliphatic carbocycles. The number of ether oxygens (including phenoxy) is 3. The van der Waals surface area contributed by atoms with Crippen molar-refractivity contribution in [2.24, 2.45) is 11.3 Å². The molecular weight excluding hydrogens is 466 g/mol. The van der Waals surface area contributed by atoms with E-state index in [1.54, 1.807) is 52.0 Å². The van der Waals surface area contributed by atoms with Gasteiger partial charge in [0.2, 0.25) is 0 Å². The van der Waals surface area contributed by atoms with Crippen LogP contribution in [-0.4, -0.2) is 59.1 Å². The van der Waals surface area contributed by atoms with Crippen molar-refractivity contribution in [3.8, 4) is 11.5 Å². The number of carboxylic acids is 1. The summed E-state index contributed by atoms with van der Waals surface area (Å²) in [5.41, 5.74) is -2.52. The maximum absolute atomic E-state index is 13.6. The Kier molecular flexibility index (Phi) is 8.02. The fourth-order valence-electron chi connectivity index (χ4n) is 4.14. The fraction of sp³-hybridized carbons (Fsp3) is 0.407. The molecule has 3 rings (SSSR count). The SMILES string of the molecule is CCOC(=O)C(C(=O)c1ccc(Oc2ccccc2)cc1)C1(C(=O)O)CCN(C(=O)OC(C)(C)C)C1. The molecule has 36 heavy (non-hydrogen) atoms. The normalized spacial score (nSPS) is 18.3. The van der Waals surface area contributed by atoms with Crippen LogP contribution in [0, 0.1) is 11.3 Å². The molecule has 1 saturated heterocycles. The Morgan fingerprint density at radius 1 is 1.00 bits per heavy atom. The van der Waals surface area contributed by atoms with Crippen molar-refractivity contribution in [3.05, 3.63) is 60.2 Å². The molecule has 2 aromatic rings. The zero-order chi connectivity index (χ0) is 26.5. The highest BCUT2D eigenvalue weighted by molar-refractivity contribution is 6.12. The molecule has 0 aromatic heterocycles. The standard InChI is InChI=1S/C27H31NO8/c1-5-34-23(30)21(27(24(31)32)15-16-28(17-27)25(33)36-26(2,3)4)22(29)18-11-13-20(14-12-18)35-19-9-7-6-8-10-19/h6-14,21H,5,15-17H2,1-4H3,(H,31,32). The van der Waals surface area contributed by atoms with E-state index < -0.39 is 40.7 Å². The molecule has 192 valence electrons. The van der Waals surface area contributed by atoms with Crippen molar-refractivity contribution in [2.45, 2.75) is 39.7 Å². The number of hydrogen-bond acceptors (Lipinski definition) is 7. The molecule has 2 aromatic carbocycles. The van der Waals surface area contributed by atoms with Crippen LogP contribution in [0.4, 0.5) is 4.79 Å². The summed E-state index contributed by atoms with van der Waals surface area (Å²) in [4.78, 5) is 53.0. The number of carbonyl (C=O) groups is 4. The van der Waals surface area contributed by atoms with Crippen LogP contribution >= 0.6 is 0 Å². The number of carbonyl (C=O) groups excluding carboxylic acids is 3. The number of carboxylic acid groups (broad SMARTS) is 1. The molecule has 1 amide bonds. The van der Waals surface area contributed by atoms with E-state index >= 15 is 0 Å². The number of benzene rings is 2. The van der Waals surface area contributed by atoms with Gasteiger partial charge in [-0.3, -0.25) is 14.4 Å². The van der Waals surface area contributed by atoms with Gasteiger partial charge in [0.15, 0.2) is 5.78 Å². The Balaban J connectivity index is 1.90. The molecule has 1 heterocycles. The number of amides is 1. The predicted molar refractivity (Wildman–Crippen MR) is 130 cm³/mol. The van der Waals surface area contributed by atoms with Crippen LogP contribution in [0.2, 0.25) is 0 Å². The van der Waals surface area contributed by atoms with Gasteiger partial charge in [-0.2, -0.15) is 0 Å². The molecule has 1 fully saturated rings. The second kappa shape index (κ2) is 10.8. The highest BCUT2D eigenvalue weighted by Crippen LogP contribution is 2.41. The van der Waals surface area contributed by atoms with E-state index in [0.717, 1.165) is 0 Å². The molecule has 0 saturated carbocycles. The largest absolute Gasteiger partial charge is 0.481 e. The molecule has 2 atom stereocenters. The van der Waals surface area contributed by atoms with Crippen molar-refractivity contribution < 1.29 is 38.5 Å². The first kappa shape index (κ1) is 26.7. The van der Waals surface area contributed by atoms with Gasteiger partial charge in [0.1, 0.15) is 28.4 Å². The fourth-order valence-corrected chi connectivity index (χ4v) is 4.14. The number of nitrogens with zero attached hydrogens (tertiary/aromatic N) is 1. The molecule has 1 aliphatic rings. The number of aliphatic carboxylic acids is 1. The topological polar surface area (TPSA) is 119 Å². The summed E-state index contributed by atoms with van der Waals surface area (Å²) in [5.74, 6) is -3.57. The van der Waals surface area contributed by atoms with Gasteiger partial charge in [-0.15, -0.1) is 0 Å². The predicted octanol–water partition coefficient (Wildman–Crippen LogP) is 4.55. The molecule has 9 nitrogen and oxygen atoms in total. The molecule has 0 spiro atoms. The number of rotatable bonds is 8. The molecule has 0 bridgehead atoms. The molecule has 9 heteroatoms. The smallest absolute Gasteiger partial charge is 0.410 e. The van der Waals surface area contributed by atoms with E-state index in [-0.39, 0.29) is 31.7 Å². The van der Waals surface area contributed by atoms with Gasteiger partial charge < -0.3 is 24.2 Å². The van der Waals surface area contributed by atoms with E-state index in [4.69, 9.17) is 14.2 Å². The van der Waals surface area contributed by atoms with E-state index in [9.17, 15) is 24.3 Å². The molecule has 0 radical (unpaired) electrons. The number of para-hydroxylation sites is 1. The summed E-state index contributed by atoms with van der Waals surface area (Å²) in [6, 6.07) is 15.2. The van der Waals surface area contributed by atoms with Crippen LogP contribution in [0.25, 0.3) is 0 Å². The number of likely N-dealkylation sites (tertiary alicyclic amines) is 1. The van der Waals surface area contributed by atoms with Crippen molar-refractivity contribution in [1.82, 2.24) is 4.90 Å². The van der Waals surface area contributed by atoms with E-state index in [1.807, 2.05) is 18.2 Å².